The van der Waals surface area contributed by atoms with Crippen molar-refractivity contribution in [3.8, 4) is 23.0 Å². The van der Waals surface area contributed by atoms with Gasteiger partial charge in [0.1, 0.15) is 11.5 Å². The van der Waals surface area contributed by atoms with Crippen molar-refractivity contribution in [3.63, 3.8) is 0 Å². The Labute approximate surface area is 336 Å². The molecule has 1 radical (unpaired) electrons. The number of aromatic hydroxyl groups is 2. The summed E-state index contributed by atoms with van der Waals surface area (Å²) in [4.78, 5) is 12.1. The summed E-state index contributed by atoms with van der Waals surface area (Å²) in [5, 5.41) is 68.5. The van der Waals surface area contributed by atoms with Gasteiger partial charge in [0.15, 0.2) is 0 Å². The molecule has 0 heterocycles. The molecule has 55 heavy (non-hydrogen) atoms. The predicted octanol–water partition coefficient (Wildman–Crippen LogP) is 7.02. The third kappa shape index (κ3) is 12.5. The second-order valence-electron chi connectivity index (χ2n) is 17.3. The van der Waals surface area contributed by atoms with Crippen LogP contribution in [-0.2, 0) is 38.7 Å². The van der Waals surface area contributed by atoms with Crippen LogP contribution in [0.25, 0.3) is 0 Å². The first-order valence-electron chi connectivity index (χ1n) is 17.7. The molecule has 293 valence electrons. The van der Waals surface area contributed by atoms with Crippen molar-refractivity contribution in [2.24, 2.45) is 15.3 Å². The molecule has 0 spiro atoms. The molecule has 0 atom stereocenters. The zero-order valence-corrected chi connectivity index (χ0v) is 34.9. The number of rotatable bonds is 6. The number of hydrogen-bond donors (Lipinski definition) is 3. The summed E-state index contributed by atoms with van der Waals surface area (Å²) in [6, 6.07) is 19.8. The molecule has 4 rings (SSSR count). The van der Waals surface area contributed by atoms with Crippen molar-refractivity contribution in [1.29, 1.82) is 0 Å². The van der Waals surface area contributed by atoms with E-state index in [1.807, 2.05) is 59.7 Å². The van der Waals surface area contributed by atoms with Crippen LogP contribution in [0, 0.1) is 0 Å². The van der Waals surface area contributed by atoms with E-state index in [9.17, 15) is 30.3 Å². The predicted molar refractivity (Wildman–Crippen MR) is 212 cm³/mol. The van der Waals surface area contributed by atoms with Gasteiger partial charge in [0.25, 0.3) is 5.91 Å². The molecule has 11 heteroatoms. The van der Waals surface area contributed by atoms with Gasteiger partial charge >= 0.3 is 17.1 Å². The molecule has 0 aliphatic rings. The van der Waals surface area contributed by atoms with Crippen molar-refractivity contribution in [2.45, 2.75) is 105 Å². The van der Waals surface area contributed by atoms with Gasteiger partial charge in [-0.2, -0.15) is 15.3 Å². The van der Waals surface area contributed by atoms with E-state index in [1.165, 1.54) is 36.7 Å². The number of amides is 1. The fourth-order valence-electron chi connectivity index (χ4n) is 5.21. The summed E-state index contributed by atoms with van der Waals surface area (Å²) in [7, 11) is 0. The first-order chi connectivity index (χ1) is 24.8. The molecule has 0 unspecified atom stereocenters. The first kappa shape index (κ1) is 46.0. The van der Waals surface area contributed by atoms with Gasteiger partial charge in [0, 0.05) is 11.5 Å². The van der Waals surface area contributed by atoms with Crippen LogP contribution in [0.5, 0.6) is 23.0 Å². The van der Waals surface area contributed by atoms with Crippen molar-refractivity contribution >= 4 is 24.2 Å². The Morgan fingerprint density at radius 1 is 0.618 bits per heavy atom. The number of nitrogens with zero attached hydrogens (tertiary/aromatic N) is 3. The Kier molecular flexibility index (Phi) is 15.1. The summed E-state index contributed by atoms with van der Waals surface area (Å²) < 4.78 is 0. The molecule has 0 bridgehead atoms. The van der Waals surface area contributed by atoms with Gasteiger partial charge in [-0.25, -0.2) is 5.43 Å². The largest absolute Gasteiger partial charge is 3.00 e. The molecule has 4 aromatic carbocycles. The number of nitrogens with one attached hydrogen (secondary N) is 1. The number of benzene rings is 4. The van der Waals surface area contributed by atoms with Crippen molar-refractivity contribution in [2.75, 3.05) is 0 Å². The van der Waals surface area contributed by atoms with Crippen LogP contribution in [0.3, 0.4) is 0 Å². The fourth-order valence-corrected chi connectivity index (χ4v) is 5.21. The fraction of sp³-hybridized carbons (Fsp3) is 0.364. The number of carbonyl (C=O) groups is 1. The Bertz CT molecular complexity index is 2060. The summed E-state index contributed by atoms with van der Waals surface area (Å²) in [6.45, 7) is 24.4. The molecule has 4 aromatic rings. The third-order valence-electron chi connectivity index (χ3n) is 8.58. The topological polar surface area (TPSA) is 176 Å². The second kappa shape index (κ2) is 18.0. The molecule has 0 fully saturated rings. The van der Waals surface area contributed by atoms with Crippen LogP contribution in [0.1, 0.15) is 132 Å². The van der Waals surface area contributed by atoms with Crippen molar-refractivity contribution in [3.05, 3.63) is 117 Å². The zero-order valence-electron chi connectivity index (χ0n) is 33.8. The van der Waals surface area contributed by atoms with Crippen LogP contribution in [0.2, 0.25) is 0 Å². The maximum atomic E-state index is 12.9. The quantitative estimate of drug-likeness (QED) is 0.0819. The van der Waals surface area contributed by atoms with E-state index >= 15 is 0 Å². The maximum absolute atomic E-state index is 12.9. The molecule has 0 saturated carbocycles. The minimum atomic E-state index is -0.667. The molecular formula is C44H53FeN4O6. The third-order valence-corrected chi connectivity index (χ3v) is 8.58. The monoisotopic (exact) mass is 789 g/mol. The number of hydrogen-bond acceptors (Lipinski definition) is 9. The van der Waals surface area contributed by atoms with E-state index in [1.54, 1.807) is 30.3 Å². The average molecular weight is 790 g/mol. The molecule has 0 aliphatic carbocycles. The summed E-state index contributed by atoms with van der Waals surface area (Å²) in [5.74, 6) is -1.71. The minimum Gasteiger partial charge on any atom is -0.872 e. The van der Waals surface area contributed by atoms with Crippen LogP contribution >= 0.6 is 0 Å². The molecule has 10 nitrogen and oxygen atoms in total. The standard InChI is InChI=1S/2C22H28N2O3.Fe/c2*1-21(2,3)15-11-14(19(26)17(12-15)22(4,5)6)13-23-24-20(27)16-9-7-8-10-18(16)25;/h2*7-13,25-26H,1-6H3,(H,24,27);/q;;+3/p-3/b2*23-13+;. The number of phenolic OH excluding ortho intramolecular Hbond substituents is 2. The second-order valence-corrected chi connectivity index (χ2v) is 17.3. The summed E-state index contributed by atoms with van der Waals surface area (Å²) >= 11 is 0. The molecular weight excluding hydrogens is 736 g/mol. The van der Waals surface area contributed by atoms with Gasteiger partial charge < -0.3 is 25.5 Å². The molecule has 3 N–H and O–H groups in total. The van der Waals surface area contributed by atoms with E-state index in [-0.39, 0.29) is 72.9 Å². The van der Waals surface area contributed by atoms with E-state index in [0.717, 1.165) is 11.1 Å². The zero-order chi connectivity index (χ0) is 40.8. The number of para-hydroxylation sites is 2. The van der Waals surface area contributed by atoms with Gasteiger partial charge in [-0.3, -0.25) is 4.79 Å². The Morgan fingerprint density at radius 2 is 1.02 bits per heavy atom. The van der Waals surface area contributed by atoms with Gasteiger partial charge in [-0.1, -0.05) is 149 Å². The summed E-state index contributed by atoms with van der Waals surface area (Å²) in [6.07, 6.45) is 2.68. The van der Waals surface area contributed by atoms with Gasteiger partial charge in [0.2, 0.25) is 0 Å². The SMILES string of the molecule is CC(C)(C)c1cc(/C=N/N=C(\[O-])c2ccccc2O)c([O-])c(C(C)(C)C)c1.CC(C)(C)c1cc(/C=N/NC(=O)c2ccccc2O)c([O-])c(C(C)(C)C)c1.[Fe+3]. The maximum Gasteiger partial charge on any atom is 3.00 e. The van der Waals surface area contributed by atoms with Gasteiger partial charge in [-0.05, 0) is 73.2 Å². The van der Waals surface area contributed by atoms with Crippen molar-refractivity contribution in [1.82, 2.24) is 5.43 Å². The average Bonchev–Trinajstić information content (AvgIpc) is 3.04. The van der Waals surface area contributed by atoms with E-state index in [2.05, 4.69) is 62.3 Å². The summed E-state index contributed by atoms with van der Waals surface area (Å²) in [5.41, 5.74) is 5.92. The smallest absolute Gasteiger partial charge is 0.872 e. The first-order valence-corrected chi connectivity index (χ1v) is 17.7. The van der Waals surface area contributed by atoms with E-state index in [0.29, 0.717) is 22.3 Å². The Balaban J connectivity index is 0.000000373. The van der Waals surface area contributed by atoms with Crippen LogP contribution in [0.15, 0.2) is 88.1 Å². The number of phenols is 2. The molecule has 0 saturated heterocycles. The van der Waals surface area contributed by atoms with Crippen LogP contribution < -0.4 is 20.7 Å². The molecule has 1 amide bonds. The molecule has 0 aliphatic heterocycles. The Morgan fingerprint density at radius 3 is 1.42 bits per heavy atom. The molecule has 0 aromatic heterocycles. The minimum absolute atomic E-state index is 0. The van der Waals surface area contributed by atoms with Crippen LogP contribution in [-0.4, -0.2) is 34.4 Å². The van der Waals surface area contributed by atoms with Crippen LogP contribution in [0.4, 0.5) is 0 Å². The van der Waals surface area contributed by atoms with Gasteiger partial charge in [-0.15, -0.1) is 0 Å². The normalized spacial score (nSPS) is 12.6. The van der Waals surface area contributed by atoms with Gasteiger partial charge in [0.05, 0.1) is 18.0 Å². The van der Waals surface area contributed by atoms with E-state index in [4.69, 9.17) is 0 Å². The number of hydrazone groups is 1. The Hall–Kier alpha value is -5.12. The van der Waals surface area contributed by atoms with Crippen molar-refractivity contribution < 1.29 is 47.4 Å². The van der Waals surface area contributed by atoms with E-state index < -0.39 is 11.8 Å². The number of carbonyl (C=O) groups excluding carboxylic acids is 1.